The van der Waals surface area contributed by atoms with Crippen molar-refractivity contribution in [3.8, 4) is 11.8 Å². The number of fused-ring (bicyclic) bond motifs is 1. The van der Waals surface area contributed by atoms with Crippen LogP contribution in [0.5, 0.6) is 5.75 Å². The fraction of sp³-hybridized carbons (Fsp3) is 0.294. The highest BCUT2D eigenvalue weighted by Gasteiger charge is 2.23. The zero-order valence-electron chi connectivity index (χ0n) is 12.9. The predicted molar refractivity (Wildman–Crippen MR) is 102 cm³/mol. The number of hydrogen-bond acceptors (Lipinski definition) is 4. The second-order valence-electron chi connectivity index (χ2n) is 5.54. The van der Waals surface area contributed by atoms with Gasteiger partial charge >= 0.3 is 0 Å². The van der Waals surface area contributed by atoms with E-state index >= 15 is 0 Å². The smallest absolute Gasteiger partial charge is 0.262 e. The largest absolute Gasteiger partial charge is 0.482 e. The third-order valence-corrected chi connectivity index (χ3v) is 6.08. The summed E-state index contributed by atoms with van der Waals surface area (Å²) < 4.78 is 7.38. The molecule has 0 atom stereocenters. The molecule has 1 amide bonds. The number of hydrogen-bond donors (Lipinski definition) is 1. The molecule has 0 radical (unpaired) electrons. The van der Waals surface area contributed by atoms with Gasteiger partial charge < -0.3 is 10.1 Å². The van der Waals surface area contributed by atoms with E-state index < -0.39 is 0 Å². The number of rotatable bonds is 4. The van der Waals surface area contributed by atoms with Crippen LogP contribution in [0.2, 0.25) is 0 Å². The van der Waals surface area contributed by atoms with Crippen molar-refractivity contribution in [2.45, 2.75) is 26.2 Å². The Balaban J connectivity index is 1.68. The van der Waals surface area contributed by atoms with Crippen LogP contribution < -0.4 is 10.1 Å². The maximum absolute atomic E-state index is 12.2. The molecular weight excluding hydrogens is 456 g/mol. The van der Waals surface area contributed by atoms with Crippen LogP contribution in [0.25, 0.3) is 0 Å². The van der Waals surface area contributed by atoms with Crippen LogP contribution in [-0.4, -0.2) is 12.5 Å². The first-order chi connectivity index (χ1) is 11.5. The number of carbonyl (C=O) groups is 1. The Hall–Kier alpha value is -1.36. The molecule has 1 heterocycles. The number of nitrogens with zero attached hydrogens (tertiary/aromatic N) is 1. The number of thiophene rings is 1. The van der Waals surface area contributed by atoms with E-state index in [0.29, 0.717) is 16.3 Å². The highest BCUT2D eigenvalue weighted by molar-refractivity contribution is 9.11. The summed E-state index contributed by atoms with van der Waals surface area (Å²) in [7, 11) is 0. The van der Waals surface area contributed by atoms with Crippen LogP contribution in [-0.2, 0) is 17.6 Å². The topological polar surface area (TPSA) is 62.1 Å². The molecule has 3 rings (SSSR count). The van der Waals surface area contributed by atoms with Crippen molar-refractivity contribution in [3.63, 3.8) is 0 Å². The molecule has 124 valence electrons. The molecule has 24 heavy (non-hydrogen) atoms. The third-order valence-electron chi connectivity index (χ3n) is 3.83. The van der Waals surface area contributed by atoms with Gasteiger partial charge in [-0.3, -0.25) is 4.79 Å². The number of amides is 1. The van der Waals surface area contributed by atoms with Gasteiger partial charge in [-0.15, -0.1) is 11.3 Å². The molecule has 1 aromatic heterocycles. The van der Waals surface area contributed by atoms with E-state index in [1.54, 1.807) is 0 Å². The molecule has 2 aromatic rings. The summed E-state index contributed by atoms with van der Waals surface area (Å²) in [5, 5.41) is 12.8. The molecule has 0 saturated heterocycles. The minimum atomic E-state index is -0.263. The molecule has 0 bridgehead atoms. The van der Waals surface area contributed by atoms with Crippen molar-refractivity contribution in [2.75, 3.05) is 11.9 Å². The standard InChI is InChI=1S/C17H14Br2N2O2S/c1-9-5-10(18)6-13(19)16(9)23-8-15(22)21-17-12(7-20)11-3-2-4-14(11)24-17/h5-6H,2-4,8H2,1H3,(H,21,22). The first kappa shape index (κ1) is 17.5. The summed E-state index contributed by atoms with van der Waals surface area (Å²) >= 11 is 8.36. The van der Waals surface area contributed by atoms with Crippen LogP contribution in [0.3, 0.4) is 0 Å². The SMILES string of the molecule is Cc1cc(Br)cc(Br)c1OCC(=O)Nc1sc2c(c1C#N)CCC2. The molecule has 0 saturated carbocycles. The van der Waals surface area contributed by atoms with Crippen LogP contribution >= 0.6 is 43.2 Å². The van der Waals surface area contributed by atoms with Crippen molar-refractivity contribution in [1.29, 1.82) is 5.26 Å². The molecular formula is C17H14Br2N2O2S. The Morgan fingerprint density at radius 1 is 1.42 bits per heavy atom. The average molecular weight is 470 g/mol. The molecule has 0 aliphatic heterocycles. The van der Waals surface area contributed by atoms with Crippen LogP contribution in [0.4, 0.5) is 5.00 Å². The lowest BCUT2D eigenvalue weighted by atomic mass is 10.1. The molecule has 0 spiro atoms. The Labute approximate surface area is 161 Å². The minimum Gasteiger partial charge on any atom is -0.482 e. The second-order valence-corrected chi connectivity index (χ2v) is 8.42. The summed E-state index contributed by atoms with van der Waals surface area (Å²) in [4.78, 5) is 13.4. The van der Waals surface area contributed by atoms with E-state index in [2.05, 4.69) is 43.2 Å². The van der Waals surface area contributed by atoms with Gasteiger partial charge in [0.25, 0.3) is 5.91 Å². The van der Waals surface area contributed by atoms with Crippen molar-refractivity contribution >= 4 is 54.1 Å². The number of benzene rings is 1. The average Bonchev–Trinajstić information content (AvgIpc) is 3.06. The maximum atomic E-state index is 12.2. The number of ether oxygens (including phenoxy) is 1. The quantitative estimate of drug-likeness (QED) is 0.688. The summed E-state index contributed by atoms with van der Waals surface area (Å²) in [5.74, 6) is 0.378. The number of aryl methyl sites for hydroxylation is 2. The highest BCUT2D eigenvalue weighted by Crippen LogP contribution is 2.38. The lowest BCUT2D eigenvalue weighted by Gasteiger charge is -2.11. The molecule has 1 aliphatic carbocycles. The van der Waals surface area contributed by atoms with E-state index in [0.717, 1.165) is 39.3 Å². The fourth-order valence-electron chi connectivity index (χ4n) is 2.78. The molecule has 7 heteroatoms. The van der Waals surface area contributed by atoms with Gasteiger partial charge in [0.05, 0.1) is 10.0 Å². The Bertz CT molecular complexity index is 832. The highest BCUT2D eigenvalue weighted by atomic mass is 79.9. The number of nitriles is 1. The second kappa shape index (κ2) is 7.26. The first-order valence-electron chi connectivity index (χ1n) is 7.42. The van der Waals surface area contributed by atoms with Crippen molar-refractivity contribution in [2.24, 2.45) is 0 Å². The van der Waals surface area contributed by atoms with Gasteiger partial charge in [0.15, 0.2) is 6.61 Å². The number of anilines is 1. The Kier molecular flexibility index (Phi) is 5.28. The van der Waals surface area contributed by atoms with E-state index in [4.69, 9.17) is 4.74 Å². The summed E-state index contributed by atoms with van der Waals surface area (Å²) in [5.41, 5.74) is 2.64. The van der Waals surface area contributed by atoms with E-state index in [9.17, 15) is 10.1 Å². The monoisotopic (exact) mass is 468 g/mol. The lowest BCUT2D eigenvalue weighted by Crippen LogP contribution is -2.20. The van der Waals surface area contributed by atoms with Gasteiger partial charge in [-0.25, -0.2) is 0 Å². The molecule has 1 N–H and O–H groups in total. The van der Waals surface area contributed by atoms with E-state index in [1.807, 2.05) is 19.1 Å². The predicted octanol–water partition coefficient (Wildman–Crippen LogP) is 4.96. The van der Waals surface area contributed by atoms with Crippen molar-refractivity contribution < 1.29 is 9.53 Å². The van der Waals surface area contributed by atoms with Gasteiger partial charge in [0, 0.05) is 9.35 Å². The van der Waals surface area contributed by atoms with Crippen LogP contribution in [0.1, 0.15) is 28.0 Å². The fourth-order valence-corrected chi connectivity index (χ4v) is 5.59. The molecule has 4 nitrogen and oxygen atoms in total. The zero-order chi connectivity index (χ0) is 17.3. The van der Waals surface area contributed by atoms with E-state index in [1.165, 1.54) is 16.2 Å². The maximum Gasteiger partial charge on any atom is 0.262 e. The van der Waals surface area contributed by atoms with Gasteiger partial charge in [-0.2, -0.15) is 5.26 Å². The van der Waals surface area contributed by atoms with Crippen LogP contribution in [0, 0.1) is 18.3 Å². The van der Waals surface area contributed by atoms with Crippen molar-refractivity contribution in [3.05, 3.63) is 42.6 Å². The minimum absolute atomic E-state index is 0.103. The zero-order valence-corrected chi connectivity index (χ0v) is 16.9. The van der Waals surface area contributed by atoms with E-state index in [-0.39, 0.29) is 12.5 Å². The summed E-state index contributed by atoms with van der Waals surface area (Å²) in [6.07, 6.45) is 3.00. The molecule has 0 unspecified atom stereocenters. The number of nitrogens with one attached hydrogen (secondary N) is 1. The summed E-state index contributed by atoms with van der Waals surface area (Å²) in [6, 6.07) is 6.02. The van der Waals surface area contributed by atoms with Crippen LogP contribution in [0.15, 0.2) is 21.1 Å². The van der Waals surface area contributed by atoms with Gasteiger partial charge in [-0.05, 0) is 65.4 Å². The van der Waals surface area contributed by atoms with Gasteiger partial charge in [0.1, 0.15) is 16.8 Å². The number of halogens is 2. The molecule has 0 fully saturated rings. The normalized spacial score (nSPS) is 12.6. The molecule has 1 aliphatic rings. The summed E-state index contributed by atoms with van der Waals surface area (Å²) in [6.45, 7) is 1.81. The molecule has 1 aromatic carbocycles. The van der Waals surface area contributed by atoms with Crippen molar-refractivity contribution in [1.82, 2.24) is 0 Å². The van der Waals surface area contributed by atoms with Gasteiger partial charge in [0.2, 0.25) is 0 Å². The lowest BCUT2D eigenvalue weighted by molar-refractivity contribution is -0.118. The number of carbonyl (C=O) groups excluding carboxylic acids is 1. The Morgan fingerprint density at radius 3 is 2.92 bits per heavy atom. The van der Waals surface area contributed by atoms with Gasteiger partial charge in [-0.1, -0.05) is 15.9 Å². The first-order valence-corrected chi connectivity index (χ1v) is 9.82. The Morgan fingerprint density at radius 2 is 2.21 bits per heavy atom. The third kappa shape index (κ3) is 3.51.